The van der Waals surface area contributed by atoms with Crippen LogP contribution in [0.15, 0.2) is 24.3 Å². The van der Waals surface area contributed by atoms with Crippen LogP contribution in [-0.4, -0.2) is 27.5 Å². The van der Waals surface area contributed by atoms with Crippen molar-refractivity contribution in [2.45, 2.75) is 30.4 Å². The van der Waals surface area contributed by atoms with Gasteiger partial charge in [0, 0.05) is 18.7 Å². The van der Waals surface area contributed by atoms with E-state index >= 15 is 0 Å². The summed E-state index contributed by atoms with van der Waals surface area (Å²) in [6, 6.07) is 6.55. The highest BCUT2D eigenvalue weighted by atomic mass is 32.2. The van der Waals surface area contributed by atoms with Crippen molar-refractivity contribution in [2.75, 3.05) is 6.54 Å². The standard InChI is InChI=1S/C14H16N2O3S/c1-9-13(17)15(8-10-2-3-10)14(20-9)11-4-6-12(7-5-11)16(18)19/h4-7,9-10,14H,2-3,8H2,1H3. The Morgan fingerprint density at radius 1 is 1.35 bits per heavy atom. The average molecular weight is 292 g/mol. The van der Waals surface area contributed by atoms with Gasteiger partial charge in [-0.15, -0.1) is 11.8 Å². The van der Waals surface area contributed by atoms with Gasteiger partial charge in [0.25, 0.3) is 5.69 Å². The van der Waals surface area contributed by atoms with E-state index in [0.29, 0.717) is 5.92 Å². The van der Waals surface area contributed by atoms with Crippen LogP contribution < -0.4 is 0 Å². The third-order valence-electron chi connectivity index (χ3n) is 3.79. The van der Waals surface area contributed by atoms with Gasteiger partial charge in [-0.05, 0) is 43.4 Å². The van der Waals surface area contributed by atoms with Crippen LogP contribution in [0.25, 0.3) is 0 Å². The Kier molecular flexibility index (Phi) is 3.41. The third kappa shape index (κ3) is 2.52. The van der Waals surface area contributed by atoms with E-state index < -0.39 is 4.92 Å². The molecule has 0 spiro atoms. The summed E-state index contributed by atoms with van der Waals surface area (Å²) >= 11 is 1.63. The van der Waals surface area contributed by atoms with Crippen LogP contribution in [0.4, 0.5) is 5.69 Å². The number of nitro groups is 1. The van der Waals surface area contributed by atoms with Crippen LogP contribution in [0, 0.1) is 16.0 Å². The van der Waals surface area contributed by atoms with Gasteiger partial charge in [-0.2, -0.15) is 0 Å². The highest BCUT2D eigenvalue weighted by Crippen LogP contribution is 2.45. The summed E-state index contributed by atoms with van der Waals surface area (Å²) in [7, 11) is 0. The monoisotopic (exact) mass is 292 g/mol. The molecule has 1 amide bonds. The summed E-state index contributed by atoms with van der Waals surface area (Å²) in [5.74, 6) is 0.829. The fourth-order valence-corrected chi connectivity index (χ4v) is 3.75. The molecule has 2 unspecified atom stereocenters. The summed E-state index contributed by atoms with van der Waals surface area (Å²) in [4.78, 5) is 24.5. The maximum Gasteiger partial charge on any atom is 0.269 e. The first-order valence-corrected chi connectivity index (χ1v) is 7.71. The molecular formula is C14H16N2O3S. The Labute approximate surface area is 121 Å². The molecule has 5 nitrogen and oxygen atoms in total. The van der Waals surface area contributed by atoms with E-state index in [4.69, 9.17) is 0 Å². The van der Waals surface area contributed by atoms with Crippen molar-refractivity contribution in [1.29, 1.82) is 0 Å². The Balaban J connectivity index is 1.82. The predicted molar refractivity (Wildman–Crippen MR) is 77.3 cm³/mol. The lowest BCUT2D eigenvalue weighted by molar-refractivity contribution is -0.384. The summed E-state index contributed by atoms with van der Waals surface area (Å²) in [6.45, 7) is 2.75. The Morgan fingerprint density at radius 2 is 2.00 bits per heavy atom. The van der Waals surface area contributed by atoms with Gasteiger partial charge < -0.3 is 4.90 Å². The average Bonchev–Trinajstić information content (AvgIpc) is 3.21. The first-order valence-electron chi connectivity index (χ1n) is 6.76. The lowest BCUT2D eigenvalue weighted by atomic mass is 10.1. The molecule has 1 aromatic rings. The zero-order chi connectivity index (χ0) is 14.3. The molecule has 3 rings (SSSR count). The maximum absolute atomic E-state index is 12.2. The Morgan fingerprint density at radius 3 is 2.55 bits per heavy atom. The first-order chi connectivity index (χ1) is 9.56. The lowest BCUT2D eigenvalue weighted by Gasteiger charge is -2.24. The SMILES string of the molecule is CC1SC(c2ccc([N+](=O)[O-])cc2)N(CC2CC2)C1=O. The largest absolute Gasteiger partial charge is 0.325 e. The number of non-ortho nitro benzene ring substituents is 1. The summed E-state index contributed by atoms with van der Waals surface area (Å²) in [5.41, 5.74) is 1.06. The zero-order valence-corrected chi connectivity index (χ0v) is 12.0. The van der Waals surface area contributed by atoms with Gasteiger partial charge in [0.05, 0.1) is 10.2 Å². The minimum atomic E-state index is -0.401. The highest BCUT2D eigenvalue weighted by Gasteiger charge is 2.41. The van der Waals surface area contributed by atoms with Crippen molar-refractivity contribution in [1.82, 2.24) is 4.90 Å². The number of carbonyl (C=O) groups is 1. The van der Waals surface area contributed by atoms with E-state index in [-0.39, 0.29) is 22.2 Å². The summed E-state index contributed by atoms with van der Waals surface area (Å²) in [6.07, 6.45) is 2.41. The van der Waals surface area contributed by atoms with E-state index in [1.165, 1.54) is 25.0 Å². The van der Waals surface area contributed by atoms with Gasteiger partial charge >= 0.3 is 0 Å². The Hall–Kier alpha value is -1.56. The number of hydrogen-bond acceptors (Lipinski definition) is 4. The number of rotatable bonds is 4. The molecule has 0 radical (unpaired) electrons. The zero-order valence-electron chi connectivity index (χ0n) is 11.2. The molecule has 20 heavy (non-hydrogen) atoms. The van der Waals surface area contributed by atoms with Gasteiger partial charge in [0.2, 0.25) is 5.91 Å². The molecule has 106 valence electrons. The molecule has 1 aliphatic carbocycles. The van der Waals surface area contributed by atoms with Crippen LogP contribution in [-0.2, 0) is 4.79 Å². The van der Waals surface area contributed by atoms with Crippen LogP contribution in [0.3, 0.4) is 0 Å². The van der Waals surface area contributed by atoms with Crippen molar-refractivity contribution in [3.63, 3.8) is 0 Å². The molecule has 0 N–H and O–H groups in total. The number of nitro benzene ring substituents is 1. The summed E-state index contributed by atoms with van der Waals surface area (Å²) in [5, 5.41) is 10.7. The van der Waals surface area contributed by atoms with Gasteiger partial charge in [0.1, 0.15) is 5.37 Å². The second kappa shape index (κ2) is 5.09. The minimum Gasteiger partial charge on any atom is -0.325 e. The van der Waals surface area contributed by atoms with Gasteiger partial charge in [-0.3, -0.25) is 14.9 Å². The Bertz CT molecular complexity index is 542. The third-order valence-corrected chi connectivity index (χ3v) is 5.18. The number of carbonyl (C=O) groups excluding carboxylic acids is 1. The second-order valence-corrected chi connectivity index (χ2v) is 6.84. The summed E-state index contributed by atoms with van der Waals surface area (Å²) < 4.78 is 0. The molecule has 1 saturated heterocycles. The van der Waals surface area contributed by atoms with Crippen molar-refractivity contribution < 1.29 is 9.72 Å². The minimum absolute atomic E-state index is 0.00101. The van der Waals surface area contributed by atoms with Crippen molar-refractivity contribution in [2.24, 2.45) is 5.92 Å². The number of benzene rings is 1. The van der Waals surface area contributed by atoms with E-state index in [2.05, 4.69) is 0 Å². The molecule has 6 heteroatoms. The normalized spacial score (nSPS) is 26.1. The fraction of sp³-hybridized carbons (Fsp3) is 0.500. The number of hydrogen-bond donors (Lipinski definition) is 0. The topological polar surface area (TPSA) is 63.5 Å². The van der Waals surface area contributed by atoms with Crippen LogP contribution in [0.5, 0.6) is 0 Å². The fourth-order valence-electron chi connectivity index (χ4n) is 2.46. The van der Waals surface area contributed by atoms with E-state index in [1.54, 1.807) is 23.9 Å². The molecule has 1 saturated carbocycles. The highest BCUT2D eigenvalue weighted by molar-refractivity contribution is 8.01. The maximum atomic E-state index is 12.2. The number of amides is 1. The molecule has 2 fully saturated rings. The quantitative estimate of drug-likeness (QED) is 0.632. The molecule has 1 aromatic carbocycles. The molecular weight excluding hydrogens is 276 g/mol. The molecule has 0 bridgehead atoms. The van der Waals surface area contributed by atoms with Crippen molar-refractivity contribution in [3.05, 3.63) is 39.9 Å². The van der Waals surface area contributed by atoms with Gasteiger partial charge in [0.15, 0.2) is 0 Å². The van der Waals surface area contributed by atoms with Crippen LogP contribution >= 0.6 is 11.8 Å². The van der Waals surface area contributed by atoms with E-state index in [1.807, 2.05) is 11.8 Å². The predicted octanol–water partition coefficient (Wildman–Crippen LogP) is 2.97. The smallest absolute Gasteiger partial charge is 0.269 e. The first kappa shape index (κ1) is 13.4. The van der Waals surface area contributed by atoms with E-state index in [0.717, 1.165) is 12.1 Å². The molecule has 1 heterocycles. The van der Waals surface area contributed by atoms with Crippen molar-refractivity contribution >= 4 is 23.4 Å². The number of thioether (sulfide) groups is 1. The van der Waals surface area contributed by atoms with Crippen LogP contribution in [0.1, 0.15) is 30.7 Å². The molecule has 1 aliphatic heterocycles. The van der Waals surface area contributed by atoms with Crippen LogP contribution in [0.2, 0.25) is 0 Å². The molecule has 2 atom stereocenters. The number of nitrogens with zero attached hydrogens (tertiary/aromatic N) is 2. The van der Waals surface area contributed by atoms with Gasteiger partial charge in [-0.25, -0.2) is 0 Å². The van der Waals surface area contributed by atoms with E-state index in [9.17, 15) is 14.9 Å². The second-order valence-electron chi connectivity index (χ2n) is 5.41. The molecule has 0 aromatic heterocycles. The van der Waals surface area contributed by atoms with Gasteiger partial charge in [-0.1, -0.05) is 0 Å². The van der Waals surface area contributed by atoms with Crippen molar-refractivity contribution in [3.8, 4) is 0 Å². The lowest BCUT2D eigenvalue weighted by Crippen LogP contribution is -2.32. The molecule has 2 aliphatic rings.